The van der Waals surface area contributed by atoms with Crippen LogP contribution in [0.5, 0.6) is 0 Å². The van der Waals surface area contributed by atoms with Gasteiger partial charge in [-0.3, -0.25) is 23.0 Å². The number of hydrogen-bond acceptors (Lipinski definition) is 14. The molecule has 5 heterocycles. The van der Waals surface area contributed by atoms with E-state index in [1.54, 1.807) is 11.5 Å². The van der Waals surface area contributed by atoms with E-state index in [-0.39, 0.29) is 36.5 Å². The normalized spacial score (nSPS) is 29.2. The molecule has 3 aromatic heterocycles. The van der Waals surface area contributed by atoms with Gasteiger partial charge in [-0.05, 0) is 6.92 Å². The van der Waals surface area contributed by atoms with Gasteiger partial charge in [0.1, 0.15) is 49.5 Å². The number of nitrogens with one attached hydrogen (secondary N) is 1. The lowest BCUT2D eigenvalue weighted by atomic mass is 10.2. The largest absolute Gasteiger partial charge is 0.670 e. The minimum absolute atomic E-state index is 0.0990. The van der Waals surface area contributed by atoms with Crippen LogP contribution in [0, 0.1) is 6.92 Å². The highest BCUT2D eigenvalue weighted by Gasteiger charge is 2.42. The predicted octanol–water partition coefficient (Wildman–Crippen LogP) is -3.60. The Balaban J connectivity index is 1.21. The van der Waals surface area contributed by atoms with Crippen LogP contribution in [-0.4, -0.2) is 89.5 Å². The molecule has 0 spiro atoms. The molecule has 2 fully saturated rings. The molecule has 0 aromatic carbocycles. The first-order chi connectivity index (χ1) is 18.0. The highest BCUT2D eigenvalue weighted by molar-refractivity contribution is 7.83. The number of rotatable bonds is 8. The van der Waals surface area contributed by atoms with Crippen molar-refractivity contribution in [1.29, 1.82) is 0 Å². The van der Waals surface area contributed by atoms with Crippen LogP contribution in [0.25, 0.3) is 11.2 Å². The summed E-state index contributed by atoms with van der Waals surface area (Å²) in [5.74, 6) is 0.228. The number of aliphatic hydroxyl groups excluding tert-OH is 2. The standard InChI is InChI=1S/C19H27BN8O9P/c1-8-24-16-15(17(31)25-8)22-6-27(16)13-2-9(30)12(36-13)5-34-38(20,33)37-10-3-14(35-11(10)4-29)28-7-23-18(21)26-19(28)32/h6-7,9-14,29-30H,2-5H2,1,20H3,(H2,21,26,32)(H,24,25,31)/q-1/t9?,10?,11-,12-,13-,14-,38?/m1/s1. The molecule has 0 saturated carbocycles. The van der Waals surface area contributed by atoms with Gasteiger partial charge in [0.05, 0.1) is 26.9 Å². The van der Waals surface area contributed by atoms with Gasteiger partial charge in [-0.15, -0.1) is 0 Å². The molecule has 3 aromatic rings. The molecule has 7 atom stereocenters. The molecule has 0 aliphatic carbocycles. The maximum atomic E-state index is 13.2. The Bertz CT molecular complexity index is 1430. The molecule has 2 aliphatic heterocycles. The zero-order valence-electron chi connectivity index (χ0n) is 19.4. The third-order valence-corrected chi connectivity index (χ3v) is 6.85. The Kier molecular flexibility index (Phi) is 7.32. The Morgan fingerprint density at radius 2 is 1.92 bits per heavy atom. The first kappa shape index (κ1) is 26.8. The van der Waals surface area contributed by atoms with Crippen LogP contribution in [0.4, 0.5) is 5.95 Å². The maximum Gasteiger partial charge on any atom is 0.354 e. The molecule has 0 bridgehead atoms. The number of ether oxygens (including phenoxy) is 2. The fraction of sp³-hybridized carbons (Fsp3) is 0.579. The first-order valence-corrected chi connectivity index (χ1v) is 12.3. The summed E-state index contributed by atoms with van der Waals surface area (Å²) in [5.41, 5.74) is 4.84. The van der Waals surface area contributed by atoms with Crippen molar-refractivity contribution in [3.8, 4) is 0 Å². The van der Waals surface area contributed by atoms with E-state index in [2.05, 4.69) is 24.9 Å². The van der Waals surface area contributed by atoms with Crippen molar-refractivity contribution < 1.29 is 33.6 Å². The van der Waals surface area contributed by atoms with Crippen molar-refractivity contribution >= 4 is 32.5 Å². The van der Waals surface area contributed by atoms with Crippen molar-refractivity contribution in [2.75, 3.05) is 18.9 Å². The minimum atomic E-state index is -3.49. The topological polar surface area (TPSA) is 238 Å². The van der Waals surface area contributed by atoms with Gasteiger partial charge < -0.3 is 35.3 Å². The average molecular weight is 553 g/mol. The van der Waals surface area contributed by atoms with Crippen LogP contribution < -0.4 is 21.9 Å². The van der Waals surface area contributed by atoms with E-state index in [0.29, 0.717) is 11.5 Å². The quantitative estimate of drug-likeness (QED) is 0.156. The summed E-state index contributed by atoms with van der Waals surface area (Å²) >= 11 is 0. The molecule has 3 unspecified atom stereocenters. The number of aliphatic hydroxyl groups is 2. The van der Waals surface area contributed by atoms with Gasteiger partial charge in [-0.1, -0.05) is 0 Å². The van der Waals surface area contributed by atoms with E-state index in [0.717, 1.165) is 4.57 Å². The number of hydrogen-bond donors (Lipinski definition) is 4. The summed E-state index contributed by atoms with van der Waals surface area (Å²) < 4.78 is 25.7. The van der Waals surface area contributed by atoms with E-state index in [1.165, 1.54) is 12.7 Å². The lowest BCUT2D eigenvalue weighted by Crippen LogP contribution is -2.33. The number of aromatic nitrogens is 7. The molecular formula is C19H27BN8O9P-. The summed E-state index contributed by atoms with van der Waals surface area (Å²) in [6.07, 6.45) is -2.06. The highest BCUT2D eigenvalue weighted by atomic mass is 31.2. The molecule has 206 valence electrons. The molecule has 2 aliphatic rings. The Morgan fingerprint density at radius 1 is 1.21 bits per heavy atom. The van der Waals surface area contributed by atoms with E-state index in [9.17, 15) is 24.7 Å². The summed E-state index contributed by atoms with van der Waals surface area (Å²) in [5, 5.41) is 20.3. The van der Waals surface area contributed by atoms with Gasteiger partial charge in [-0.25, -0.2) is 19.7 Å². The summed E-state index contributed by atoms with van der Waals surface area (Å²) in [6, 6.07) is 0. The number of aryl methyl sites for hydroxylation is 1. The van der Waals surface area contributed by atoms with Gasteiger partial charge in [0.15, 0.2) is 18.7 Å². The third kappa shape index (κ3) is 5.34. The van der Waals surface area contributed by atoms with E-state index >= 15 is 0 Å². The van der Waals surface area contributed by atoms with Gasteiger partial charge in [0.25, 0.3) is 5.56 Å². The van der Waals surface area contributed by atoms with Crippen LogP contribution in [0.2, 0.25) is 0 Å². The van der Waals surface area contributed by atoms with Gasteiger partial charge in [0.2, 0.25) is 5.95 Å². The second kappa shape index (κ2) is 10.4. The number of imidazole rings is 1. The van der Waals surface area contributed by atoms with Crippen LogP contribution in [-0.2, 0) is 18.5 Å². The Labute approximate surface area is 215 Å². The monoisotopic (exact) mass is 553 g/mol. The van der Waals surface area contributed by atoms with Crippen molar-refractivity contribution in [1.82, 2.24) is 34.1 Å². The summed E-state index contributed by atoms with van der Waals surface area (Å²) in [7, 11) is -4.51. The van der Waals surface area contributed by atoms with Crippen molar-refractivity contribution in [3.05, 3.63) is 39.3 Å². The van der Waals surface area contributed by atoms with E-state index in [4.69, 9.17) is 24.3 Å². The number of nitrogens with two attached hydrogens (primary N) is 1. The number of anilines is 1. The molecule has 5 rings (SSSR count). The molecule has 19 heteroatoms. The van der Waals surface area contributed by atoms with E-state index < -0.39 is 64.6 Å². The van der Waals surface area contributed by atoms with Crippen LogP contribution in [0.1, 0.15) is 31.1 Å². The smallest absolute Gasteiger partial charge is 0.354 e. The molecule has 5 N–H and O–H groups in total. The van der Waals surface area contributed by atoms with Crippen LogP contribution >= 0.6 is 7.82 Å². The summed E-state index contributed by atoms with van der Waals surface area (Å²) in [6.45, 7) is 1.00. The number of fused-ring (bicyclic) bond motifs is 1. The van der Waals surface area contributed by atoms with Crippen molar-refractivity contribution in [3.63, 3.8) is 0 Å². The molecule has 38 heavy (non-hydrogen) atoms. The predicted molar refractivity (Wildman–Crippen MR) is 131 cm³/mol. The van der Waals surface area contributed by atoms with E-state index in [1.807, 2.05) is 0 Å². The lowest BCUT2D eigenvalue weighted by Gasteiger charge is -2.35. The molecule has 2 saturated heterocycles. The Hall–Kier alpha value is -2.83. The van der Waals surface area contributed by atoms with Crippen molar-refractivity contribution in [2.24, 2.45) is 0 Å². The van der Waals surface area contributed by atoms with Gasteiger partial charge in [0, 0.05) is 12.8 Å². The molecule has 17 nitrogen and oxygen atoms in total. The molecular weight excluding hydrogens is 526 g/mol. The van der Waals surface area contributed by atoms with Gasteiger partial charge in [-0.2, -0.15) is 4.98 Å². The second-order valence-electron chi connectivity index (χ2n) is 8.52. The Morgan fingerprint density at radius 3 is 2.66 bits per heavy atom. The average Bonchev–Trinajstić information content (AvgIpc) is 3.54. The SMILES string of the molecule is [BH3-][P+]([O-])(OC[C@H]1O[C@@H](n2cnc3c(=O)[nH]c(C)nc32)CC1O)OC1C[C@H](n2cnc(N)nc2=O)O[C@@H]1CO. The van der Waals surface area contributed by atoms with Crippen LogP contribution in [0.3, 0.4) is 0 Å². The second-order valence-corrected chi connectivity index (χ2v) is 9.44. The fourth-order valence-corrected chi connectivity index (χ4v) is 5.03. The zero-order chi connectivity index (χ0) is 27.2. The third-order valence-electron chi connectivity index (χ3n) is 6.05. The van der Waals surface area contributed by atoms with Gasteiger partial charge >= 0.3 is 5.69 Å². The number of nitrogens with zero attached hydrogens (tertiary/aromatic N) is 6. The number of aromatic amines is 1. The number of nitrogen functional groups attached to an aromatic ring is 1. The van der Waals surface area contributed by atoms with Crippen LogP contribution in [0.15, 0.2) is 22.2 Å². The summed E-state index contributed by atoms with van der Waals surface area (Å²) in [4.78, 5) is 55.8. The highest BCUT2D eigenvalue weighted by Crippen LogP contribution is 2.51. The van der Waals surface area contributed by atoms with Crippen molar-refractivity contribution in [2.45, 2.75) is 56.6 Å². The molecule has 0 radical (unpaired) electrons. The maximum absolute atomic E-state index is 13.2. The number of H-pyrrole nitrogens is 1. The lowest BCUT2D eigenvalue weighted by molar-refractivity contribution is -0.219. The zero-order valence-corrected chi connectivity index (χ0v) is 20.3. The molecule has 0 amide bonds. The minimum Gasteiger partial charge on any atom is -0.670 e. The fourth-order valence-electron chi connectivity index (χ4n) is 4.26. The first-order valence-electron chi connectivity index (χ1n) is 11.2.